The zero-order chi connectivity index (χ0) is 15.7. The first kappa shape index (κ1) is 16.8. The molecule has 21 heavy (non-hydrogen) atoms. The molecule has 0 radical (unpaired) electrons. The molecule has 0 bridgehead atoms. The van der Waals surface area contributed by atoms with Gasteiger partial charge in [0.2, 0.25) is 5.91 Å². The molecule has 1 aromatic rings. The van der Waals surface area contributed by atoms with Gasteiger partial charge in [-0.05, 0) is 13.0 Å². The van der Waals surface area contributed by atoms with Crippen LogP contribution < -0.4 is 10.1 Å². The molecule has 0 aliphatic carbocycles. The van der Waals surface area contributed by atoms with Crippen LogP contribution in [0.3, 0.4) is 0 Å². The van der Waals surface area contributed by atoms with Crippen LogP contribution in [0, 0.1) is 0 Å². The van der Waals surface area contributed by atoms with E-state index in [4.69, 9.17) is 9.47 Å². The van der Waals surface area contributed by atoms with E-state index in [-0.39, 0.29) is 5.91 Å². The average Bonchev–Trinajstić information content (AvgIpc) is 2.46. The molecular formula is C15H22N2O4. The van der Waals surface area contributed by atoms with Gasteiger partial charge < -0.3 is 19.7 Å². The summed E-state index contributed by atoms with van der Waals surface area (Å²) in [5, 5.41) is 2.60. The fourth-order valence-electron chi connectivity index (χ4n) is 1.86. The van der Waals surface area contributed by atoms with Gasteiger partial charge in [-0.15, -0.1) is 0 Å². The third-order valence-electron chi connectivity index (χ3n) is 2.93. The van der Waals surface area contributed by atoms with Gasteiger partial charge in [0.1, 0.15) is 5.75 Å². The summed E-state index contributed by atoms with van der Waals surface area (Å²) in [7, 11) is 1.60. The maximum atomic E-state index is 11.7. The third-order valence-corrected chi connectivity index (χ3v) is 2.93. The second-order valence-corrected chi connectivity index (χ2v) is 4.40. The highest BCUT2D eigenvalue weighted by atomic mass is 16.5. The number of amides is 2. The topological polar surface area (TPSA) is 67.9 Å². The minimum atomic E-state index is -0.474. The van der Waals surface area contributed by atoms with E-state index >= 15 is 0 Å². The number of methoxy groups -OCH3 is 1. The number of hydrogen-bond donors (Lipinski definition) is 1. The summed E-state index contributed by atoms with van der Waals surface area (Å²) in [6.45, 7) is 4.75. The first-order chi connectivity index (χ1) is 10.1. The van der Waals surface area contributed by atoms with Gasteiger partial charge in [-0.3, -0.25) is 4.79 Å². The maximum Gasteiger partial charge on any atom is 0.407 e. The number of ether oxygens (including phenoxy) is 2. The van der Waals surface area contributed by atoms with E-state index in [1.54, 1.807) is 18.9 Å². The first-order valence-electron chi connectivity index (χ1n) is 6.86. The van der Waals surface area contributed by atoms with Crippen molar-refractivity contribution in [3.05, 3.63) is 29.8 Å². The van der Waals surface area contributed by atoms with Gasteiger partial charge in [0.05, 0.1) is 13.7 Å². The number of benzene rings is 1. The van der Waals surface area contributed by atoms with Crippen LogP contribution >= 0.6 is 0 Å². The van der Waals surface area contributed by atoms with Gasteiger partial charge in [0.25, 0.3) is 0 Å². The van der Waals surface area contributed by atoms with Gasteiger partial charge in [0.15, 0.2) is 0 Å². The number of nitrogens with zero attached hydrogens (tertiary/aromatic N) is 1. The Morgan fingerprint density at radius 1 is 1.29 bits per heavy atom. The number of carbonyl (C=O) groups excluding carboxylic acids is 2. The molecule has 0 unspecified atom stereocenters. The summed E-state index contributed by atoms with van der Waals surface area (Å²) in [6, 6.07) is 7.54. The van der Waals surface area contributed by atoms with Crippen molar-refractivity contribution in [2.45, 2.75) is 20.4 Å². The smallest absolute Gasteiger partial charge is 0.407 e. The Balaban J connectivity index is 2.58. The van der Waals surface area contributed by atoms with Crippen molar-refractivity contribution in [2.24, 2.45) is 0 Å². The van der Waals surface area contributed by atoms with Crippen LogP contribution in [0.2, 0.25) is 0 Å². The summed E-state index contributed by atoms with van der Waals surface area (Å²) in [5.41, 5.74) is 0.923. The van der Waals surface area contributed by atoms with Gasteiger partial charge in [-0.1, -0.05) is 18.2 Å². The zero-order valence-corrected chi connectivity index (χ0v) is 12.7. The van der Waals surface area contributed by atoms with Crippen LogP contribution in [0.5, 0.6) is 5.75 Å². The Kier molecular flexibility index (Phi) is 7.08. The van der Waals surface area contributed by atoms with Crippen molar-refractivity contribution in [3.8, 4) is 5.75 Å². The lowest BCUT2D eigenvalue weighted by molar-refractivity contribution is -0.129. The highest BCUT2D eigenvalue weighted by Gasteiger charge is 2.12. The van der Waals surface area contributed by atoms with Crippen LogP contribution in [0.25, 0.3) is 0 Å². The third kappa shape index (κ3) is 5.72. The van der Waals surface area contributed by atoms with Gasteiger partial charge >= 0.3 is 6.09 Å². The molecule has 6 nitrogen and oxygen atoms in total. The fourth-order valence-corrected chi connectivity index (χ4v) is 1.86. The molecule has 0 aliphatic heterocycles. The van der Waals surface area contributed by atoms with Gasteiger partial charge in [-0.25, -0.2) is 4.79 Å². The van der Waals surface area contributed by atoms with E-state index in [1.807, 2.05) is 24.3 Å². The monoisotopic (exact) mass is 294 g/mol. The SMILES string of the molecule is CCOC(=O)NCCN(Cc1ccccc1OC)C(C)=O. The summed E-state index contributed by atoms with van der Waals surface area (Å²) in [5.74, 6) is 0.675. The van der Waals surface area contributed by atoms with Crippen molar-refractivity contribution >= 4 is 12.0 Å². The average molecular weight is 294 g/mol. The number of para-hydroxylation sites is 1. The molecule has 0 spiro atoms. The first-order valence-corrected chi connectivity index (χ1v) is 6.86. The quantitative estimate of drug-likeness (QED) is 0.832. The van der Waals surface area contributed by atoms with Crippen LogP contribution in [0.1, 0.15) is 19.4 Å². The van der Waals surface area contributed by atoms with E-state index < -0.39 is 6.09 Å². The van der Waals surface area contributed by atoms with Crippen LogP contribution in [-0.2, 0) is 16.1 Å². The number of hydrogen-bond acceptors (Lipinski definition) is 4. The molecule has 1 N–H and O–H groups in total. The summed E-state index contributed by atoms with van der Waals surface area (Å²) < 4.78 is 10.0. The molecular weight excluding hydrogens is 272 g/mol. The molecule has 6 heteroatoms. The fraction of sp³-hybridized carbons (Fsp3) is 0.467. The van der Waals surface area contributed by atoms with Crippen LogP contribution in [0.15, 0.2) is 24.3 Å². The van der Waals surface area contributed by atoms with Crippen molar-refractivity contribution in [3.63, 3.8) is 0 Å². The van der Waals surface area contributed by atoms with E-state index in [1.165, 1.54) is 6.92 Å². The van der Waals surface area contributed by atoms with E-state index in [0.717, 1.165) is 11.3 Å². The van der Waals surface area contributed by atoms with Crippen LogP contribution in [0.4, 0.5) is 4.79 Å². The van der Waals surface area contributed by atoms with E-state index in [0.29, 0.717) is 26.2 Å². The predicted molar refractivity (Wildman–Crippen MR) is 79.1 cm³/mol. The predicted octanol–water partition coefficient (Wildman–Crippen LogP) is 1.79. The van der Waals surface area contributed by atoms with Crippen LogP contribution in [-0.4, -0.2) is 43.7 Å². The molecule has 2 amide bonds. The number of rotatable bonds is 7. The standard InChI is InChI=1S/C15H22N2O4/c1-4-21-15(19)16-9-10-17(12(2)18)11-13-7-5-6-8-14(13)20-3/h5-8H,4,9-11H2,1-3H3,(H,16,19). The highest BCUT2D eigenvalue weighted by molar-refractivity contribution is 5.73. The number of carbonyl (C=O) groups is 2. The molecule has 0 heterocycles. The Bertz CT molecular complexity index is 476. The van der Waals surface area contributed by atoms with Crippen molar-refractivity contribution in [2.75, 3.05) is 26.8 Å². The molecule has 1 aromatic carbocycles. The van der Waals surface area contributed by atoms with Gasteiger partial charge in [-0.2, -0.15) is 0 Å². The van der Waals surface area contributed by atoms with Gasteiger partial charge in [0, 0.05) is 32.1 Å². The van der Waals surface area contributed by atoms with Crippen molar-refractivity contribution < 1.29 is 19.1 Å². The normalized spacial score (nSPS) is 9.86. The molecule has 0 aromatic heterocycles. The van der Waals surface area contributed by atoms with E-state index in [2.05, 4.69) is 5.32 Å². The minimum absolute atomic E-state index is 0.0634. The Hall–Kier alpha value is -2.24. The maximum absolute atomic E-state index is 11.7. The molecule has 0 atom stereocenters. The summed E-state index contributed by atoms with van der Waals surface area (Å²) in [4.78, 5) is 24.5. The lowest BCUT2D eigenvalue weighted by atomic mass is 10.2. The second-order valence-electron chi connectivity index (χ2n) is 4.40. The van der Waals surface area contributed by atoms with Crippen molar-refractivity contribution in [1.29, 1.82) is 0 Å². The Labute approximate surface area is 125 Å². The van der Waals surface area contributed by atoms with Crippen molar-refractivity contribution in [1.82, 2.24) is 10.2 Å². The Morgan fingerprint density at radius 3 is 2.62 bits per heavy atom. The van der Waals surface area contributed by atoms with E-state index in [9.17, 15) is 9.59 Å². The molecule has 0 fully saturated rings. The molecule has 116 valence electrons. The highest BCUT2D eigenvalue weighted by Crippen LogP contribution is 2.19. The number of alkyl carbamates (subject to hydrolysis) is 1. The Morgan fingerprint density at radius 2 is 2.00 bits per heavy atom. The lowest BCUT2D eigenvalue weighted by Crippen LogP contribution is -2.37. The zero-order valence-electron chi connectivity index (χ0n) is 12.7. The minimum Gasteiger partial charge on any atom is -0.496 e. The summed E-state index contributed by atoms with van der Waals surface area (Å²) in [6.07, 6.45) is -0.474. The summed E-state index contributed by atoms with van der Waals surface area (Å²) >= 11 is 0. The second kappa shape index (κ2) is 8.84. The number of nitrogens with one attached hydrogen (secondary N) is 1. The largest absolute Gasteiger partial charge is 0.496 e. The molecule has 1 rings (SSSR count). The lowest BCUT2D eigenvalue weighted by Gasteiger charge is -2.22. The molecule has 0 saturated heterocycles. The molecule has 0 saturated carbocycles. The molecule has 0 aliphatic rings.